The first kappa shape index (κ1) is 14.6. The van der Waals surface area contributed by atoms with Gasteiger partial charge in [0.05, 0.1) is 5.69 Å². The van der Waals surface area contributed by atoms with Gasteiger partial charge in [-0.3, -0.25) is 4.68 Å². The molecule has 4 nitrogen and oxygen atoms in total. The van der Waals surface area contributed by atoms with E-state index in [4.69, 9.17) is 4.74 Å². The van der Waals surface area contributed by atoms with Crippen molar-refractivity contribution in [2.24, 2.45) is 0 Å². The van der Waals surface area contributed by atoms with Gasteiger partial charge in [-0.25, -0.2) is 0 Å². The molecular formula is C16H23N3O. The Balaban J connectivity index is 1.88. The molecule has 1 atom stereocenters. The minimum absolute atomic E-state index is 0.255. The van der Waals surface area contributed by atoms with Crippen molar-refractivity contribution in [2.75, 3.05) is 13.7 Å². The van der Waals surface area contributed by atoms with Crippen molar-refractivity contribution in [2.45, 2.75) is 32.4 Å². The molecular weight excluding hydrogens is 250 g/mol. The average molecular weight is 273 g/mol. The highest BCUT2D eigenvalue weighted by Crippen LogP contribution is 2.10. The van der Waals surface area contributed by atoms with Gasteiger partial charge in [-0.05, 0) is 39.1 Å². The van der Waals surface area contributed by atoms with Gasteiger partial charge in [0.25, 0.3) is 0 Å². The summed E-state index contributed by atoms with van der Waals surface area (Å²) in [5.74, 6) is 0.903. The summed E-state index contributed by atoms with van der Waals surface area (Å²) in [5, 5.41) is 7.86. The second-order valence-corrected chi connectivity index (χ2v) is 5.19. The first-order valence-electron chi connectivity index (χ1n) is 7.08. The molecule has 1 aromatic carbocycles. The van der Waals surface area contributed by atoms with Crippen LogP contribution in [0, 0.1) is 0 Å². The Morgan fingerprint density at radius 3 is 2.55 bits per heavy atom. The van der Waals surface area contributed by atoms with Gasteiger partial charge in [0.15, 0.2) is 0 Å². The van der Waals surface area contributed by atoms with E-state index in [2.05, 4.69) is 30.3 Å². The summed E-state index contributed by atoms with van der Waals surface area (Å²) in [6, 6.07) is 12.6. The molecule has 0 saturated heterocycles. The number of benzene rings is 1. The normalized spacial score (nSPS) is 12.6. The van der Waals surface area contributed by atoms with Gasteiger partial charge in [0, 0.05) is 24.7 Å². The molecule has 0 spiro atoms. The predicted molar refractivity (Wildman–Crippen MR) is 81.1 cm³/mol. The van der Waals surface area contributed by atoms with Crippen LogP contribution in [-0.2, 0) is 6.42 Å². The molecule has 108 valence electrons. The number of para-hydroxylation sites is 1. The van der Waals surface area contributed by atoms with E-state index < -0.39 is 0 Å². The van der Waals surface area contributed by atoms with Crippen LogP contribution in [0.5, 0.6) is 5.75 Å². The third kappa shape index (κ3) is 4.10. The van der Waals surface area contributed by atoms with E-state index in [0.29, 0.717) is 12.6 Å². The van der Waals surface area contributed by atoms with E-state index in [1.165, 1.54) is 0 Å². The number of ether oxygens (including phenoxy) is 1. The van der Waals surface area contributed by atoms with Gasteiger partial charge in [-0.2, -0.15) is 5.10 Å². The van der Waals surface area contributed by atoms with E-state index in [9.17, 15) is 0 Å². The third-order valence-corrected chi connectivity index (χ3v) is 3.25. The Morgan fingerprint density at radius 1 is 1.20 bits per heavy atom. The minimum atomic E-state index is 0.255. The van der Waals surface area contributed by atoms with Gasteiger partial charge in [0.2, 0.25) is 0 Å². The number of hydrogen-bond donors (Lipinski definition) is 1. The summed E-state index contributed by atoms with van der Waals surface area (Å²) in [6.45, 7) is 4.89. The Labute approximate surface area is 120 Å². The van der Waals surface area contributed by atoms with Crippen molar-refractivity contribution >= 4 is 0 Å². The second kappa shape index (κ2) is 7.10. The van der Waals surface area contributed by atoms with Crippen LogP contribution in [0.2, 0.25) is 0 Å². The summed E-state index contributed by atoms with van der Waals surface area (Å²) in [7, 11) is 1.96. The fraction of sp³-hybridized carbons (Fsp3) is 0.438. The minimum Gasteiger partial charge on any atom is -0.492 e. The maximum absolute atomic E-state index is 5.79. The quantitative estimate of drug-likeness (QED) is 0.843. The summed E-state index contributed by atoms with van der Waals surface area (Å²) < 4.78 is 7.77. The highest BCUT2D eigenvalue weighted by Gasteiger charge is 2.11. The Bertz CT molecular complexity index is 507. The van der Waals surface area contributed by atoms with Crippen LogP contribution in [0.15, 0.2) is 42.6 Å². The number of nitrogens with one attached hydrogen (secondary N) is 1. The van der Waals surface area contributed by atoms with Crippen LogP contribution in [-0.4, -0.2) is 29.5 Å². The van der Waals surface area contributed by atoms with Crippen LogP contribution in [0.3, 0.4) is 0 Å². The molecule has 0 saturated carbocycles. The van der Waals surface area contributed by atoms with Crippen molar-refractivity contribution < 1.29 is 4.74 Å². The zero-order valence-corrected chi connectivity index (χ0v) is 12.4. The Kier molecular flexibility index (Phi) is 5.18. The lowest BCUT2D eigenvalue weighted by atomic mass is 10.2. The lowest BCUT2D eigenvalue weighted by Gasteiger charge is -2.16. The number of likely N-dealkylation sites (N-methyl/N-ethyl adjacent to an activating group) is 1. The van der Waals surface area contributed by atoms with E-state index in [-0.39, 0.29) is 6.04 Å². The predicted octanol–water partition coefficient (Wildman–Crippen LogP) is 2.67. The van der Waals surface area contributed by atoms with Crippen molar-refractivity contribution in [3.05, 3.63) is 48.3 Å². The lowest BCUT2D eigenvalue weighted by Crippen LogP contribution is -2.34. The number of hydrogen-bond acceptors (Lipinski definition) is 3. The highest BCUT2D eigenvalue weighted by molar-refractivity contribution is 5.21. The summed E-state index contributed by atoms with van der Waals surface area (Å²) in [6.07, 6.45) is 2.90. The van der Waals surface area contributed by atoms with Gasteiger partial charge in [-0.15, -0.1) is 0 Å². The Hall–Kier alpha value is -1.81. The number of nitrogens with zero attached hydrogens (tertiary/aromatic N) is 2. The van der Waals surface area contributed by atoms with Crippen LogP contribution in [0.25, 0.3) is 0 Å². The molecule has 0 bridgehead atoms. The smallest absolute Gasteiger partial charge is 0.119 e. The van der Waals surface area contributed by atoms with E-state index >= 15 is 0 Å². The van der Waals surface area contributed by atoms with Crippen LogP contribution in [0.1, 0.15) is 25.6 Å². The van der Waals surface area contributed by atoms with E-state index in [0.717, 1.165) is 17.9 Å². The van der Waals surface area contributed by atoms with Crippen molar-refractivity contribution in [1.29, 1.82) is 0 Å². The maximum atomic E-state index is 5.79. The highest BCUT2D eigenvalue weighted by atomic mass is 16.5. The molecule has 1 N–H and O–H groups in total. The monoisotopic (exact) mass is 273 g/mol. The molecule has 0 fully saturated rings. The van der Waals surface area contributed by atoms with Gasteiger partial charge in [0.1, 0.15) is 12.4 Å². The fourth-order valence-electron chi connectivity index (χ4n) is 1.98. The largest absolute Gasteiger partial charge is 0.492 e. The summed E-state index contributed by atoms with van der Waals surface area (Å²) in [5.41, 5.74) is 1.09. The topological polar surface area (TPSA) is 39.1 Å². The molecule has 0 amide bonds. The zero-order chi connectivity index (χ0) is 14.4. The SMILES string of the molecule is CNC(COc1ccccc1)Cc1ccn(C(C)C)n1. The summed E-state index contributed by atoms with van der Waals surface area (Å²) in [4.78, 5) is 0. The van der Waals surface area contributed by atoms with Gasteiger partial charge < -0.3 is 10.1 Å². The van der Waals surface area contributed by atoms with Crippen molar-refractivity contribution in [1.82, 2.24) is 15.1 Å². The van der Waals surface area contributed by atoms with Gasteiger partial charge >= 0.3 is 0 Å². The van der Waals surface area contributed by atoms with Crippen LogP contribution >= 0.6 is 0 Å². The summed E-state index contributed by atoms with van der Waals surface area (Å²) >= 11 is 0. The molecule has 2 rings (SSSR count). The van der Waals surface area contributed by atoms with E-state index in [1.807, 2.05) is 48.3 Å². The molecule has 0 radical (unpaired) electrons. The van der Waals surface area contributed by atoms with Crippen LogP contribution < -0.4 is 10.1 Å². The van der Waals surface area contributed by atoms with Crippen molar-refractivity contribution in [3.8, 4) is 5.75 Å². The first-order valence-corrected chi connectivity index (χ1v) is 7.08. The molecule has 1 heterocycles. The molecule has 0 aliphatic heterocycles. The standard InChI is InChI=1S/C16H23N3O/c1-13(2)19-10-9-14(18-19)11-15(17-3)12-20-16-7-5-4-6-8-16/h4-10,13,15,17H,11-12H2,1-3H3. The van der Waals surface area contributed by atoms with Crippen LogP contribution in [0.4, 0.5) is 0 Å². The Morgan fingerprint density at radius 2 is 1.95 bits per heavy atom. The molecule has 1 unspecified atom stereocenters. The van der Waals surface area contributed by atoms with E-state index in [1.54, 1.807) is 0 Å². The molecule has 2 aromatic rings. The molecule has 4 heteroatoms. The average Bonchev–Trinajstić information content (AvgIpc) is 2.93. The molecule has 0 aliphatic carbocycles. The molecule has 20 heavy (non-hydrogen) atoms. The number of aromatic nitrogens is 2. The fourth-order valence-corrected chi connectivity index (χ4v) is 1.98. The van der Waals surface area contributed by atoms with Gasteiger partial charge in [-0.1, -0.05) is 18.2 Å². The molecule has 1 aromatic heterocycles. The second-order valence-electron chi connectivity index (χ2n) is 5.19. The van der Waals surface area contributed by atoms with Crippen molar-refractivity contribution in [3.63, 3.8) is 0 Å². The first-order chi connectivity index (χ1) is 9.69. The molecule has 0 aliphatic rings. The third-order valence-electron chi connectivity index (χ3n) is 3.25. The lowest BCUT2D eigenvalue weighted by molar-refractivity contribution is 0.268. The zero-order valence-electron chi connectivity index (χ0n) is 12.4. The maximum Gasteiger partial charge on any atom is 0.119 e. The number of rotatable bonds is 7.